The van der Waals surface area contributed by atoms with E-state index < -0.39 is 0 Å². The summed E-state index contributed by atoms with van der Waals surface area (Å²) in [6.07, 6.45) is 2.66. The number of nitrogens with one attached hydrogen (secondary N) is 1. The molecule has 0 radical (unpaired) electrons. The number of amides is 2. The second-order valence-corrected chi connectivity index (χ2v) is 7.32. The molecule has 0 atom stereocenters. The maximum absolute atomic E-state index is 12.4. The molecular weight excluding hydrogens is 344 g/mol. The van der Waals surface area contributed by atoms with Crippen LogP contribution in [0.5, 0.6) is 5.75 Å². The third-order valence-corrected chi connectivity index (χ3v) is 4.86. The van der Waals surface area contributed by atoms with Gasteiger partial charge in [-0.3, -0.25) is 14.4 Å². The van der Waals surface area contributed by atoms with Gasteiger partial charge in [0, 0.05) is 43.5 Å². The van der Waals surface area contributed by atoms with Crippen LogP contribution in [-0.4, -0.2) is 48.7 Å². The van der Waals surface area contributed by atoms with Crippen LogP contribution < -0.4 is 10.1 Å². The summed E-state index contributed by atoms with van der Waals surface area (Å²) >= 11 is 0. The maximum Gasteiger partial charge on any atom is 0.223 e. The largest absolute Gasteiger partial charge is 0.497 e. The summed E-state index contributed by atoms with van der Waals surface area (Å²) in [5, 5.41) is 2.94. The molecule has 6 nitrogen and oxygen atoms in total. The fraction of sp³-hybridized carbons (Fsp3) is 0.571. The van der Waals surface area contributed by atoms with E-state index >= 15 is 0 Å². The molecule has 2 rings (SSSR count). The van der Waals surface area contributed by atoms with E-state index in [-0.39, 0.29) is 29.6 Å². The second kappa shape index (κ2) is 10.1. The predicted molar refractivity (Wildman–Crippen MR) is 104 cm³/mol. The first kappa shape index (κ1) is 20.9. The summed E-state index contributed by atoms with van der Waals surface area (Å²) in [7, 11) is 1.59. The Labute approximate surface area is 161 Å². The van der Waals surface area contributed by atoms with Crippen LogP contribution in [-0.2, 0) is 9.59 Å². The molecule has 2 amide bonds. The molecule has 6 heteroatoms. The summed E-state index contributed by atoms with van der Waals surface area (Å²) in [5.41, 5.74) is 0.639. The van der Waals surface area contributed by atoms with E-state index in [1.54, 1.807) is 31.4 Å². The number of Topliss-reactive ketones (excluding diaryl/α,β-unsaturated/α-hetero) is 1. The Hall–Kier alpha value is -2.37. The number of carbonyl (C=O) groups is 3. The van der Waals surface area contributed by atoms with Crippen LogP contribution in [0.3, 0.4) is 0 Å². The molecule has 0 saturated carbocycles. The van der Waals surface area contributed by atoms with Crippen LogP contribution in [0.1, 0.15) is 56.3 Å². The first-order valence-electron chi connectivity index (χ1n) is 9.66. The van der Waals surface area contributed by atoms with Gasteiger partial charge in [0.05, 0.1) is 7.11 Å². The summed E-state index contributed by atoms with van der Waals surface area (Å²) in [6, 6.07) is 7.16. The van der Waals surface area contributed by atoms with Crippen LogP contribution in [0.2, 0.25) is 0 Å². The van der Waals surface area contributed by atoms with Crippen molar-refractivity contribution in [1.82, 2.24) is 10.2 Å². The SMILES string of the molecule is COc1ccc(C(=O)CCCC(=O)N2CCC(C(=O)NC(C)C)CC2)cc1. The highest BCUT2D eigenvalue weighted by Gasteiger charge is 2.27. The molecule has 0 aliphatic carbocycles. The van der Waals surface area contributed by atoms with Crippen molar-refractivity contribution in [2.75, 3.05) is 20.2 Å². The molecule has 0 bridgehead atoms. The molecule has 1 aliphatic heterocycles. The topological polar surface area (TPSA) is 75.7 Å². The quantitative estimate of drug-likeness (QED) is 0.710. The number of methoxy groups -OCH3 is 1. The molecule has 1 aromatic rings. The van der Waals surface area contributed by atoms with Gasteiger partial charge in [-0.25, -0.2) is 0 Å². The Morgan fingerprint density at radius 3 is 2.30 bits per heavy atom. The van der Waals surface area contributed by atoms with Crippen molar-refractivity contribution in [1.29, 1.82) is 0 Å². The van der Waals surface area contributed by atoms with E-state index in [0.717, 1.165) is 0 Å². The number of ether oxygens (including phenoxy) is 1. The zero-order chi connectivity index (χ0) is 19.8. The van der Waals surface area contributed by atoms with Gasteiger partial charge < -0.3 is 15.0 Å². The van der Waals surface area contributed by atoms with E-state index in [1.807, 2.05) is 18.7 Å². The number of nitrogens with zero attached hydrogens (tertiary/aromatic N) is 1. The van der Waals surface area contributed by atoms with Gasteiger partial charge in [0.15, 0.2) is 5.78 Å². The fourth-order valence-electron chi connectivity index (χ4n) is 3.27. The second-order valence-electron chi connectivity index (χ2n) is 7.32. The molecule has 1 fully saturated rings. The monoisotopic (exact) mass is 374 g/mol. The molecule has 1 aromatic carbocycles. The van der Waals surface area contributed by atoms with Gasteiger partial charge in [0.1, 0.15) is 5.75 Å². The molecule has 0 unspecified atom stereocenters. The normalized spacial score (nSPS) is 14.9. The van der Waals surface area contributed by atoms with Crippen molar-refractivity contribution in [3.63, 3.8) is 0 Å². The van der Waals surface area contributed by atoms with Crippen LogP contribution in [0.15, 0.2) is 24.3 Å². The smallest absolute Gasteiger partial charge is 0.223 e. The van der Waals surface area contributed by atoms with Gasteiger partial charge >= 0.3 is 0 Å². The number of piperidine rings is 1. The van der Waals surface area contributed by atoms with Crippen LogP contribution in [0, 0.1) is 5.92 Å². The highest BCUT2D eigenvalue weighted by atomic mass is 16.5. The maximum atomic E-state index is 12.4. The zero-order valence-corrected chi connectivity index (χ0v) is 16.5. The van der Waals surface area contributed by atoms with Gasteiger partial charge in [-0.1, -0.05) is 0 Å². The lowest BCUT2D eigenvalue weighted by atomic mass is 9.95. The number of rotatable bonds is 8. The molecule has 0 aromatic heterocycles. The number of hydrogen-bond acceptors (Lipinski definition) is 4. The lowest BCUT2D eigenvalue weighted by Crippen LogP contribution is -2.44. The van der Waals surface area contributed by atoms with Gasteiger partial charge in [-0.2, -0.15) is 0 Å². The Morgan fingerprint density at radius 2 is 1.74 bits per heavy atom. The van der Waals surface area contributed by atoms with Crippen molar-refractivity contribution in [3.8, 4) is 5.75 Å². The van der Waals surface area contributed by atoms with Gasteiger partial charge in [0.25, 0.3) is 0 Å². The Balaban J connectivity index is 1.70. The fourth-order valence-corrected chi connectivity index (χ4v) is 3.27. The van der Waals surface area contributed by atoms with Gasteiger partial charge in [0.2, 0.25) is 11.8 Å². The van der Waals surface area contributed by atoms with Crippen molar-refractivity contribution in [2.45, 2.75) is 52.0 Å². The van der Waals surface area contributed by atoms with Crippen molar-refractivity contribution in [2.24, 2.45) is 5.92 Å². The number of hydrogen-bond donors (Lipinski definition) is 1. The lowest BCUT2D eigenvalue weighted by molar-refractivity contribution is -0.135. The molecular formula is C21H30N2O4. The van der Waals surface area contributed by atoms with E-state index in [1.165, 1.54) is 0 Å². The third kappa shape index (κ3) is 6.38. The summed E-state index contributed by atoms with van der Waals surface area (Å²) in [6.45, 7) is 5.12. The highest BCUT2D eigenvalue weighted by molar-refractivity contribution is 5.96. The summed E-state index contributed by atoms with van der Waals surface area (Å²) in [4.78, 5) is 38.4. The standard InChI is InChI=1S/C21H30N2O4/c1-15(2)22-21(26)17-11-13-23(14-12-17)20(25)6-4-5-19(24)16-7-9-18(27-3)10-8-16/h7-10,15,17H,4-6,11-14H2,1-3H3,(H,22,26). The molecule has 27 heavy (non-hydrogen) atoms. The average Bonchev–Trinajstić information content (AvgIpc) is 2.67. The van der Waals surface area contributed by atoms with E-state index in [0.29, 0.717) is 56.5 Å². The number of carbonyl (C=O) groups excluding carboxylic acids is 3. The lowest BCUT2D eigenvalue weighted by Gasteiger charge is -2.31. The molecule has 1 saturated heterocycles. The van der Waals surface area contributed by atoms with E-state index in [4.69, 9.17) is 4.74 Å². The van der Waals surface area contributed by atoms with Crippen LogP contribution in [0.4, 0.5) is 0 Å². The van der Waals surface area contributed by atoms with Crippen molar-refractivity contribution >= 4 is 17.6 Å². The Morgan fingerprint density at radius 1 is 1.11 bits per heavy atom. The first-order valence-corrected chi connectivity index (χ1v) is 9.66. The van der Waals surface area contributed by atoms with E-state index in [2.05, 4.69) is 5.32 Å². The van der Waals surface area contributed by atoms with Crippen LogP contribution in [0.25, 0.3) is 0 Å². The van der Waals surface area contributed by atoms with Crippen molar-refractivity contribution in [3.05, 3.63) is 29.8 Å². The first-order chi connectivity index (χ1) is 12.9. The zero-order valence-electron chi connectivity index (χ0n) is 16.5. The molecule has 0 spiro atoms. The highest BCUT2D eigenvalue weighted by Crippen LogP contribution is 2.19. The Kier molecular flexibility index (Phi) is 7.82. The summed E-state index contributed by atoms with van der Waals surface area (Å²) < 4.78 is 5.08. The minimum absolute atomic E-state index is 0.00639. The van der Waals surface area contributed by atoms with Crippen molar-refractivity contribution < 1.29 is 19.1 Å². The van der Waals surface area contributed by atoms with Gasteiger partial charge in [-0.05, 0) is 57.4 Å². The molecule has 148 valence electrons. The Bertz CT molecular complexity index is 647. The average molecular weight is 374 g/mol. The number of likely N-dealkylation sites (tertiary alicyclic amines) is 1. The van der Waals surface area contributed by atoms with E-state index in [9.17, 15) is 14.4 Å². The van der Waals surface area contributed by atoms with Crippen LogP contribution >= 0.6 is 0 Å². The minimum atomic E-state index is -0.00639. The number of ketones is 1. The molecule has 1 heterocycles. The van der Waals surface area contributed by atoms with Gasteiger partial charge in [-0.15, -0.1) is 0 Å². The third-order valence-electron chi connectivity index (χ3n) is 4.86. The molecule has 1 N–H and O–H groups in total. The number of benzene rings is 1. The minimum Gasteiger partial charge on any atom is -0.497 e. The summed E-state index contributed by atoms with van der Waals surface area (Å²) in [5.74, 6) is 0.900. The predicted octanol–water partition coefficient (Wildman–Crippen LogP) is 2.81. The molecule has 1 aliphatic rings.